The zero-order chi connectivity index (χ0) is 20.1. The van der Waals surface area contributed by atoms with Crippen LogP contribution >= 0.6 is 0 Å². The maximum absolute atomic E-state index is 13.3. The maximum atomic E-state index is 13.3. The molecular weight excluding hydrogens is 373 g/mol. The van der Waals surface area contributed by atoms with Crippen LogP contribution in [0.2, 0.25) is 0 Å². The highest BCUT2D eigenvalue weighted by molar-refractivity contribution is 6.05. The van der Waals surface area contributed by atoms with Crippen molar-refractivity contribution in [3.63, 3.8) is 0 Å². The lowest BCUT2D eigenvalue weighted by molar-refractivity contribution is -0.137. The van der Waals surface area contributed by atoms with Crippen molar-refractivity contribution in [1.29, 1.82) is 0 Å². The van der Waals surface area contributed by atoms with Crippen LogP contribution in [0.5, 0.6) is 0 Å². The van der Waals surface area contributed by atoms with Crippen LogP contribution in [0.25, 0.3) is 22.0 Å². The van der Waals surface area contributed by atoms with E-state index in [1.165, 1.54) is 35.2 Å². The quantitative estimate of drug-likeness (QED) is 0.699. The summed E-state index contributed by atoms with van der Waals surface area (Å²) in [6.07, 6.45) is -3.47. The van der Waals surface area contributed by atoms with Crippen molar-refractivity contribution in [3.8, 4) is 11.3 Å². The molecule has 1 aliphatic rings. The van der Waals surface area contributed by atoms with Gasteiger partial charge in [-0.05, 0) is 29.7 Å². The van der Waals surface area contributed by atoms with Gasteiger partial charge in [-0.15, -0.1) is 0 Å². The number of nitrogens with zero attached hydrogens (tertiary/aromatic N) is 1. The van der Waals surface area contributed by atoms with Crippen molar-refractivity contribution in [2.24, 2.45) is 0 Å². The SMILES string of the molecule is O=C1C=C(O)CN1c1ccc2cc(-c3ccccc3C(F)(F)F)[nH]c(=O)c2c1. The van der Waals surface area contributed by atoms with Crippen LogP contribution in [0.3, 0.4) is 0 Å². The van der Waals surface area contributed by atoms with Gasteiger partial charge in [0, 0.05) is 28.4 Å². The van der Waals surface area contributed by atoms with Crippen LogP contribution in [-0.2, 0) is 11.0 Å². The van der Waals surface area contributed by atoms with Crippen LogP contribution in [0.4, 0.5) is 18.9 Å². The van der Waals surface area contributed by atoms with Gasteiger partial charge in [0.05, 0.1) is 12.1 Å². The molecule has 2 N–H and O–H groups in total. The summed E-state index contributed by atoms with van der Waals surface area (Å²) >= 11 is 0. The molecule has 4 rings (SSSR count). The Bertz CT molecular complexity index is 1200. The molecule has 0 fully saturated rings. The molecule has 0 saturated heterocycles. The molecule has 0 bridgehead atoms. The van der Waals surface area contributed by atoms with Crippen molar-refractivity contribution in [2.45, 2.75) is 6.18 Å². The summed E-state index contributed by atoms with van der Waals surface area (Å²) in [5, 5.41) is 10.2. The van der Waals surface area contributed by atoms with Gasteiger partial charge in [-0.25, -0.2) is 0 Å². The van der Waals surface area contributed by atoms with Crippen LogP contribution in [-0.4, -0.2) is 22.5 Å². The number of anilines is 1. The number of nitrogens with one attached hydrogen (secondary N) is 1. The van der Waals surface area contributed by atoms with Gasteiger partial charge in [0.15, 0.2) is 0 Å². The summed E-state index contributed by atoms with van der Waals surface area (Å²) in [5.41, 5.74) is -1.08. The number of H-pyrrole nitrogens is 1. The van der Waals surface area contributed by atoms with E-state index in [1.54, 1.807) is 12.1 Å². The number of carbonyl (C=O) groups excluding carboxylic acids is 1. The molecule has 5 nitrogen and oxygen atoms in total. The Kier molecular flexibility index (Phi) is 3.99. The summed E-state index contributed by atoms with van der Waals surface area (Å²) in [5.74, 6) is -0.498. The number of aliphatic hydroxyl groups is 1. The number of aliphatic hydroxyl groups excluding tert-OH is 1. The van der Waals surface area contributed by atoms with E-state index in [0.717, 1.165) is 12.1 Å². The number of benzene rings is 2. The number of amides is 1. The molecule has 1 aromatic heterocycles. The molecule has 0 unspecified atom stereocenters. The highest BCUT2D eigenvalue weighted by Crippen LogP contribution is 2.36. The third kappa shape index (κ3) is 3.02. The number of halogens is 3. The lowest BCUT2D eigenvalue weighted by atomic mass is 10.0. The first-order valence-corrected chi connectivity index (χ1v) is 8.29. The molecular formula is C20H13F3N2O3. The standard InChI is InChI=1S/C20H13F3N2O3/c21-20(22,23)16-4-2-1-3-14(16)17-7-11-5-6-12(8-15(11)19(28)24-17)25-10-13(26)9-18(25)27/h1-9,26H,10H2,(H,24,28). The molecule has 0 aliphatic carbocycles. The molecule has 0 radical (unpaired) electrons. The van der Waals surface area contributed by atoms with Gasteiger partial charge in [0.1, 0.15) is 5.76 Å². The Balaban J connectivity index is 1.83. The molecule has 0 atom stereocenters. The van der Waals surface area contributed by atoms with E-state index >= 15 is 0 Å². The van der Waals surface area contributed by atoms with Crippen LogP contribution in [0.1, 0.15) is 5.56 Å². The lowest BCUT2D eigenvalue weighted by Gasteiger charge is -2.17. The van der Waals surface area contributed by atoms with Gasteiger partial charge in [-0.1, -0.05) is 24.3 Å². The predicted molar refractivity (Wildman–Crippen MR) is 98.1 cm³/mol. The van der Waals surface area contributed by atoms with Crippen molar-refractivity contribution < 1.29 is 23.1 Å². The Morgan fingerprint density at radius 3 is 2.46 bits per heavy atom. The monoisotopic (exact) mass is 386 g/mol. The van der Waals surface area contributed by atoms with Crippen LogP contribution in [0, 0.1) is 0 Å². The minimum atomic E-state index is -4.56. The van der Waals surface area contributed by atoms with Crippen molar-refractivity contribution >= 4 is 22.4 Å². The van der Waals surface area contributed by atoms with E-state index in [9.17, 15) is 27.9 Å². The van der Waals surface area contributed by atoms with Gasteiger partial charge in [-0.2, -0.15) is 13.2 Å². The largest absolute Gasteiger partial charge is 0.510 e. The number of aromatic amines is 1. The molecule has 0 saturated carbocycles. The number of hydrogen-bond donors (Lipinski definition) is 2. The number of alkyl halides is 3. The normalized spacial score (nSPS) is 14.6. The fourth-order valence-electron chi connectivity index (χ4n) is 3.25. The fraction of sp³-hybridized carbons (Fsp3) is 0.100. The van der Waals surface area contributed by atoms with E-state index in [2.05, 4.69) is 4.98 Å². The average Bonchev–Trinajstić information content (AvgIpc) is 2.99. The van der Waals surface area contributed by atoms with Crippen molar-refractivity contribution in [2.75, 3.05) is 11.4 Å². The Labute approximate surface area is 156 Å². The Morgan fingerprint density at radius 2 is 1.79 bits per heavy atom. The van der Waals surface area contributed by atoms with Crippen molar-refractivity contribution in [3.05, 3.63) is 76.3 Å². The van der Waals surface area contributed by atoms with Gasteiger partial charge in [0.2, 0.25) is 0 Å². The van der Waals surface area contributed by atoms with Gasteiger partial charge in [-0.3, -0.25) is 9.59 Å². The van der Waals surface area contributed by atoms with E-state index in [0.29, 0.717) is 11.1 Å². The molecule has 1 amide bonds. The van der Waals surface area contributed by atoms with Crippen molar-refractivity contribution in [1.82, 2.24) is 4.98 Å². The summed E-state index contributed by atoms with van der Waals surface area (Å²) in [4.78, 5) is 28.2. The summed E-state index contributed by atoms with van der Waals surface area (Å²) in [7, 11) is 0. The zero-order valence-corrected chi connectivity index (χ0v) is 14.2. The lowest BCUT2D eigenvalue weighted by Crippen LogP contribution is -2.25. The number of aromatic nitrogens is 1. The molecule has 2 heterocycles. The highest BCUT2D eigenvalue weighted by atomic mass is 19.4. The molecule has 28 heavy (non-hydrogen) atoms. The smallest absolute Gasteiger partial charge is 0.417 e. The first kappa shape index (κ1) is 17.8. The number of hydrogen-bond acceptors (Lipinski definition) is 3. The Hall–Kier alpha value is -3.55. The number of fused-ring (bicyclic) bond motifs is 1. The fourth-order valence-corrected chi connectivity index (χ4v) is 3.25. The molecule has 1 aliphatic heterocycles. The second-order valence-corrected chi connectivity index (χ2v) is 6.39. The van der Waals surface area contributed by atoms with E-state index in [1.807, 2.05) is 0 Å². The maximum Gasteiger partial charge on any atom is 0.417 e. The average molecular weight is 386 g/mol. The van der Waals surface area contributed by atoms with E-state index in [-0.39, 0.29) is 28.9 Å². The number of pyridine rings is 1. The minimum Gasteiger partial charge on any atom is -0.510 e. The second kappa shape index (κ2) is 6.26. The minimum absolute atomic E-state index is 0.000708. The number of carbonyl (C=O) groups is 1. The number of rotatable bonds is 2. The molecule has 0 spiro atoms. The van der Waals surface area contributed by atoms with Crippen LogP contribution in [0.15, 0.2) is 65.2 Å². The van der Waals surface area contributed by atoms with Gasteiger partial charge in [0.25, 0.3) is 11.5 Å². The third-order valence-corrected chi connectivity index (χ3v) is 4.54. The first-order valence-electron chi connectivity index (χ1n) is 8.29. The second-order valence-electron chi connectivity index (χ2n) is 6.39. The van der Waals surface area contributed by atoms with E-state index < -0.39 is 23.2 Å². The van der Waals surface area contributed by atoms with Gasteiger partial charge < -0.3 is 15.0 Å². The summed E-state index contributed by atoms with van der Waals surface area (Å²) < 4.78 is 39.9. The third-order valence-electron chi connectivity index (χ3n) is 4.54. The van der Waals surface area contributed by atoms with Gasteiger partial charge >= 0.3 is 6.18 Å². The zero-order valence-electron chi connectivity index (χ0n) is 14.2. The first-order chi connectivity index (χ1) is 13.2. The topological polar surface area (TPSA) is 73.4 Å². The summed E-state index contributed by atoms with van der Waals surface area (Å²) in [6.45, 7) is -0.000708. The van der Waals surface area contributed by atoms with Crippen LogP contribution < -0.4 is 10.5 Å². The highest BCUT2D eigenvalue weighted by Gasteiger charge is 2.33. The Morgan fingerprint density at radius 1 is 1.04 bits per heavy atom. The molecule has 3 aromatic rings. The summed E-state index contributed by atoms with van der Waals surface area (Å²) in [6, 6.07) is 11.1. The molecule has 8 heteroatoms. The van der Waals surface area contributed by atoms with E-state index in [4.69, 9.17) is 0 Å². The molecule has 142 valence electrons. The molecule has 2 aromatic carbocycles. The predicted octanol–water partition coefficient (Wildman–Crippen LogP) is 4.00.